The fraction of sp³-hybridized carbons (Fsp3) is 0.167. The van der Waals surface area contributed by atoms with E-state index in [4.69, 9.17) is 10.2 Å². The minimum atomic E-state index is 0.371. The number of aliphatic imine (C=N–C) groups is 1. The summed E-state index contributed by atoms with van der Waals surface area (Å²) < 4.78 is 5.38. The zero-order chi connectivity index (χ0) is 12.8. The average molecular weight is 262 g/mol. The third kappa shape index (κ3) is 3.21. The molecule has 0 unspecified atom stereocenters. The molecule has 0 aliphatic carbocycles. The molecule has 2 rings (SSSR count). The minimum absolute atomic E-state index is 0.371. The monoisotopic (exact) mass is 262 g/mol. The lowest BCUT2D eigenvalue weighted by Crippen LogP contribution is -2.31. The Hall–Kier alpha value is -2.08. The zero-order valence-corrected chi connectivity index (χ0v) is 10.6. The van der Waals surface area contributed by atoms with Gasteiger partial charge in [0.05, 0.1) is 11.4 Å². The van der Waals surface area contributed by atoms with Crippen molar-refractivity contribution in [2.75, 3.05) is 6.54 Å². The third-order valence-corrected chi connectivity index (χ3v) is 2.98. The Morgan fingerprint density at radius 1 is 1.67 bits per heavy atom. The molecule has 0 aliphatic heterocycles. The van der Waals surface area contributed by atoms with Gasteiger partial charge >= 0.3 is 0 Å². The molecule has 0 bridgehead atoms. The number of nitrogens with one attached hydrogen (secondary N) is 1. The summed E-state index contributed by atoms with van der Waals surface area (Å²) in [5.74, 6) is 0.989. The molecule has 2 heterocycles. The lowest BCUT2D eigenvalue weighted by atomic mass is 10.4. The predicted octanol–water partition coefficient (Wildman–Crippen LogP) is 1.99. The normalized spacial score (nSPS) is 11.4. The van der Waals surface area contributed by atoms with Crippen LogP contribution in [0.15, 0.2) is 45.8 Å². The summed E-state index contributed by atoms with van der Waals surface area (Å²) in [6.07, 6.45) is 3.31. The van der Waals surface area contributed by atoms with E-state index in [1.165, 1.54) is 0 Å². The number of guanidine groups is 1. The molecule has 0 saturated carbocycles. The highest BCUT2D eigenvalue weighted by atomic mass is 32.1. The van der Waals surface area contributed by atoms with Gasteiger partial charge < -0.3 is 15.5 Å². The smallest absolute Gasteiger partial charge is 0.236 e. The maximum absolute atomic E-state index is 5.64. The molecule has 0 atom stereocenters. The first-order chi connectivity index (χ1) is 8.79. The van der Waals surface area contributed by atoms with Gasteiger partial charge in [0.15, 0.2) is 5.96 Å². The van der Waals surface area contributed by atoms with E-state index in [1.54, 1.807) is 23.7 Å². The summed E-state index contributed by atoms with van der Waals surface area (Å²) in [5, 5.41) is 4.87. The molecule has 94 valence electrons. The Bertz CT molecular complexity index is 530. The molecule has 0 saturated heterocycles. The van der Waals surface area contributed by atoms with Gasteiger partial charge in [0, 0.05) is 6.54 Å². The summed E-state index contributed by atoms with van der Waals surface area (Å²) in [6, 6.07) is 3.92. The Morgan fingerprint density at radius 3 is 3.28 bits per heavy atom. The highest BCUT2D eigenvalue weighted by Crippen LogP contribution is 2.23. The van der Waals surface area contributed by atoms with Crippen LogP contribution in [0.1, 0.15) is 5.69 Å². The molecule has 2 aromatic heterocycles. The molecule has 0 amide bonds. The summed E-state index contributed by atoms with van der Waals surface area (Å²) >= 11 is 1.58. The fourth-order valence-electron chi connectivity index (χ4n) is 1.29. The lowest BCUT2D eigenvalue weighted by Gasteiger charge is -2.00. The van der Waals surface area contributed by atoms with Crippen LogP contribution in [0.25, 0.3) is 10.8 Å². The van der Waals surface area contributed by atoms with E-state index in [-0.39, 0.29) is 0 Å². The Labute approximate surface area is 109 Å². The van der Waals surface area contributed by atoms with Gasteiger partial charge in [-0.05, 0) is 11.4 Å². The van der Waals surface area contributed by atoms with Gasteiger partial charge in [-0.25, -0.2) is 9.98 Å². The van der Waals surface area contributed by atoms with Crippen molar-refractivity contribution < 1.29 is 4.42 Å². The summed E-state index contributed by atoms with van der Waals surface area (Å²) in [7, 11) is 0. The number of hydrogen-bond acceptors (Lipinski definition) is 4. The molecule has 2 aromatic rings. The van der Waals surface area contributed by atoms with E-state index in [9.17, 15) is 0 Å². The van der Waals surface area contributed by atoms with Gasteiger partial charge in [0.25, 0.3) is 0 Å². The Kier molecular flexibility index (Phi) is 4.14. The third-order valence-electron chi connectivity index (χ3n) is 2.12. The van der Waals surface area contributed by atoms with Crippen molar-refractivity contribution in [3.63, 3.8) is 0 Å². The molecule has 0 radical (unpaired) electrons. The van der Waals surface area contributed by atoms with Crippen LogP contribution in [-0.4, -0.2) is 17.5 Å². The van der Waals surface area contributed by atoms with Crippen LogP contribution in [0.4, 0.5) is 0 Å². The molecule has 0 aliphatic rings. The zero-order valence-electron chi connectivity index (χ0n) is 9.80. The van der Waals surface area contributed by atoms with Crippen LogP contribution < -0.4 is 11.1 Å². The SMILES string of the molecule is C=CCNC(N)=NCc1coc(-c2cccs2)n1. The maximum atomic E-state index is 5.64. The fourth-order valence-corrected chi connectivity index (χ4v) is 1.95. The number of thiophene rings is 1. The van der Waals surface area contributed by atoms with Crippen molar-refractivity contribution in [1.82, 2.24) is 10.3 Å². The van der Waals surface area contributed by atoms with Gasteiger partial charge in [-0.1, -0.05) is 12.1 Å². The lowest BCUT2D eigenvalue weighted by molar-refractivity contribution is 0.574. The molecule has 18 heavy (non-hydrogen) atoms. The quantitative estimate of drug-likeness (QED) is 0.491. The number of rotatable bonds is 5. The van der Waals surface area contributed by atoms with Crippen molar-refractivity contribution in [3.8, 4) is 10.8 Å². The van der Waals surface area contributed by atoms with Gasteiger partial charge in [0.2, 0.25) is 5.89 Å². The molecule has 6 heteroatoms. The Morgan fingerprint density at radius 2 is 2.56 bits per heavy atom. The first-order valence-electron chi connectivity index (χ1n) is 5.42. The highest BCUT2D eigenvalue weighted by Gasteiger charge is 2.06. The van der Waals surface area contributed by atoms with Gasteiger partial charge in [-0.3, -0.25) is 0 Å². The van der Waals surface area contributed by atoms with Crippen molar-refractivity contribution in [3.05, 3.63) is 42.1 Å². The molecular formula is C12H14N4OS. The van der Waals surface area contributed by atoms with Crippen LogP contribution in [0, 0.1) is 0 Å². The number of oxazole rings is 1. The highest BCUT2D eigenvalue weighted by molar-refractivity contribution is 7.13. The standard InChI is InChI=1S/C12H14N4OS/c1-2-5-14-12(13)15-7-9-8-17-11(16-9)10-4-3-6-18-10/h2-4,6,8H,1,5,7H2,(H3,13,14,15). The van der Waals surface area contributed by atoms with Gasteiger partial charge in [-0.15, -0.1) is 17.9 Å². The molecular weight excluding hydrogens is 248 g/mol. The summed E-state index contributed by atoms with van der Waals surface area (Å²) in [6.45, 7) is 4.57. The van der Waals surface area contributed by atoms with E-state index in [0.717, 1.165) is 10.6 Å². The van der Waals surface area contributed by atoms with E-state index >= 15 is 0 Å². The van der Waals surface area contributed by atoms with E-state index in [1.807, 2.05) is 17.5 Å². The molecule has 3 N–H and O–H groups in total. The number of aromatic nitrogens is 1. The molecule has 0 aromatic carbocycles. The summed E-state index contributed by atoms with van der Waals surface area (Å²) in [5.41, 5.74) is 6.40. The minimum Gasteiger partial charge on any atom is -0.443 e. The van der Waals surface area contributed by atoms with Crippen molar-refractivity contribution in [2.24, 2.45) is 10.7 Å². The summed E-state index contributed by atoms with van der Waals surface area (Å²) in [4.78, 5) is 9.48. The van der Waals surface area contributed by atoms with Crippen molar-refractivity contribution in [2.45, 2.75) is 6.54 Å². The molecule has 0 spiro atoms. The predicted molar refractivity (Wildman–Crippen MR) is 73.3 cm³/mol. The van der Waals surface area contributed by atoms with Crippen molar-refractivity contribution in [1.29, 1.82) is 0 Å². The molecule has 0 fully saturated rings. The largest absolute Gasteiger partial charge is 0.443 e. The Balaban J connectivity index is 1.97. The van der Waals surface area contributed by atoms with Crippen LogP contribution in [0.5, 0.6) is 0 Å². The van der Waals surface area contributed by atoms with Crippen LogP contribution in [-0.2, 0) is 6.54 Å². The second kappa shape index (κ2) is 6.02. The topological polar surface area (TPSA) is 76.4 Å². The molecule has 5 nitrogen and oxygen atoms in total. The van der Waals surface area contributed by atoms with E-state index < -0.39 is 0 Å². The van der Waals surface area contributed by atoms with E-state index in [0.29, 0.717) is 24.9 Å². The number of nitrogens with two attached hydrogens (primary N) is 1. The first kappa shape index (κ1) is 12.4. The maximum Gasteiger partial charge on any atom is 0.236 e. The van der Waals surface area contributed by atoms with Crippen LogP contribution in [0.2, 0.25) is 0 Å². The first-order valence-corrected chi connectivity index (χ1v) is 6.30. The van der Waals surface area contributed by atoms with Gasteiger partial charge in [0.1, 0.15) is 12.0 Å². The van der Waals surface area contributed by atoms with Gasteiger partial charge in [-0.2, -0.15) is 0 Å². The number of nitrogens with zero attached hydrogens (tertiary/aromatic N) is 2. The average Bonchev–Trinajstić information content (AvgIpc) is 3.03. The van der Waals surface area contributed by atoms with Crippen LogP contribution >= 0.6 is 11.3 Å². The number of hydrogen-bond donors (Lipinski definition) is 2. The second-order valence-corrected chi connectivity index (χ2v) is 4.44. The van der Waals surface area contributed by atoms with Crippen LogP contribution in [0.3, 0.4) is 0 Å². The second-order valence-electron chi connectivity index (χ2n) is 3.49. The van der Waals surface area contributed by atoms with E-state index in [2.05, 4.69) is 21.9 Å². The van der Waals surface area contributed by atoms with Crippen molar-refractivity contribution >= 4 is 17.3 Å².